The topological polar surface area (TPSA) is 48.0 Å². The predicted molar refractivity (Wildman–Crippen MR) is 55.8 cm³/mol. The first-order valence-electron chi connectivity index (χ1n) is 5.10. The first-order valence-corrected chi connectivity index (χ1v) is 5.10. The lowest BCUT2D eigenvalue weighted by Gasteiger charge is -2.34. The van der Waals surface area contributed by atoms with E-state index in [1.807, 2.05) is 27.7 Å². The highest BCUT2D eigenvalue weighted by Gasteiger charge is 2.32. The van der Waals surface area contributed by atoms with E-state index >= 15 is 0 Å². The molecule has 90 valence electrons. The third kappa shape index (κ3) is 5.11. The van der Waals surface area contributed by atoms with Gasteiger partial charge in [0.15, 0.2) is 0 Å². The maximum atomic E-state index is 11.2. The first-order chi connectivity index (χ1) is 6.97. The van der Waals surface area contributed by atoms with Gasteiger partial charge in [0.05, 0.1) is 32.3 Å². The second kappa shape index (κ2) is 6.76. The van der Waals surface area contributed by atoms with Crippen molar-refractivity contribution in [1.82, 2.24) is 5.23 Å². The summed E-state index contributed by atoms with van der Waals surface area (Å²) in [6.07, 6.45) is 0.212. The van der Waals surface area contributed by atoms with Gasteiger partial charge in [-0.1, -0.05) is 5.23 Å². The molecule has 0 heterocycles. The minimum absolute atomic E-state index is 0.212. The van der Waals surface area contributed by atoms with Gasteiger partial charge in [0.2, 0.25) is 0 Å². The Hall–Kier alpha value is -0.650. The van der Waals surface area contributed by atoms with Crippen molar-refractivity contribution in [2.24, 2.45) is 0 Å². The largest absolute Gasteiger partial charge is 0.469 e. The first kappa shape index (κ1) is 14.3. The van der Waals surface area contributed by atoms with E-state index < -0.39 is 5.54 Å². The molecule has 0 fully saturated rings. The molecular weight excluding hydrogens is 198 g/mol. The van der Waals surface area contributed by atoms with Crippen molar-refractivity contribution in [3.63, 3.8) is 0 Å². The molecule has 0 atom stereocenters. The molecule has 0 bridgehead atoms. The minimum Gasteiger partial charge on any atom is -0.469 e. The summed E-state index contributed by atoms with van der Waals surface area (Å²) >= 11 is 0. The quantitative estimate of drug-likeness (QED) is 0.480. The lowest BCUT2D eigenvalue weighted by atomic mass is 10.0. The molecule has 0 spiro atoms. The van der Waals surface area contributed by atoms with Crippen molar-refractivity contribution in [3.8, 4) is 0 Å². The Morgan fingerprint density at radius 3 is 2.00 bits per heavy atom. The highest BCUT2D eigenvalue weighted by molar-refractivity contribution is 5.70. The van der Waals surface area contributed by atoms with Gasteiger partial charge in [0.1, 0.15) is 0 Å². The van der Waals surface area contributed by atoms with E-state index in [1.165, 1.54) is 12.3 Å². The van der Waals surface area contributed by atoms with E-state index in [4.69, 9.17) is 9.68 Å². The van der Waals surface area contributed by atoms with E-state index in [0.29, 0.717) is 13.2 Å². The number of carbonyl (C=O) groups excluding carboxylic acids is 1. The molecule has 0 unspecified atom stereocenters. The Labute approximate surface area is 91.2 Å². The molecule has 15 heavy (non-hydrogen) atoms. The number of esters is 1. The van der Waals surface area contributed by atoms with Crippen LogP contribution >= 0.6 is 0 Å². The Balaban J connectivity index is 4.39. The molecule has 0 aliphatic rings. The van der Waals surface area contributed by atoms with E-state index in [9.17, 15) is 4.79 Å². The summed E-state index contributed by atoms with van der Waals surface area (Å²) in [7, 11) is 1.37. The lowest BCUT2D eigenvalue weighted by Crippen LogP contribution is -2.45. The number of hydroxylamine groups is 2. The minimum atomic E-state index is -0.543. The number of hydrogen-bond donors (Lipinski definition) is 0. The molecule has 0 aromatic carbocycles. The van der Waals surface area contributed by atoms with E-state index in [2.05, 4.69) is 4.74 Å². The molecule has 0 aromatic heterocycles. The van der Waals surface area contributed by atoms with Crippen LogP contribution < -0.4 is 0 Å². The lowest BCUT2D eigenvalue weighted by molar-refractivity contribution is -0.405. The molecule has 0 radical (unpaired) electrons. The van der Waals surface area contributed by atoms with Crippen LogP contribution in [0.3, 0.4) is 0 Å². The zero-order chi connectivity index (χ0) is 11.9. The summed E-state index contributed by atoms with van der Waals surface area (Å²) in [6.45, 7) is 8.42. The van der Waals surface area contributed by atoms with Crippen LogP contribution in [0.2, 0.25) is 0 Å². The summed E-state index contributed by atoms with van der Waals surface area (Å²) in [6, 6.07) is 0. The van der Waals surface area contributed by atoms with Gasteiger partial charge in [0.25, 0.3) is 0 Å². The van der Waals surface area contributed by atoms with Gasteiger partial charge in [-0.05, 0) is 27.7 Å². The van der Waals surface area contributed by atoms with Crippen molar-refractivity contribution in [1.29, 1.82) is 0 Å². The Bertz CT molecular complexity index is 188. The van der Waals surface area contributed by atoms with E-state index in [-0.39, 0.29) is 12.4 Å². The SMILES string of the molecule is CCON(OCC)C(C)(C)CC(=O)OC. The van der Waals surface area contributed by atoms with Crippen molar-refractivity contribution in [2.75, 3.05) is 20.3 Å². The van der Waals surface area contributed by atoms with E-state index in [0.717, 1.165) is 0 Å². The number of carbonyl (C=O) groups is 1. The Kier molecular flexibility index (Phi) is 6.47. The number of ether oxygens (including phenoxy) is 1. The molecule has 0 saturated heterocycles. The summed E-state index contributed by atoms with van der Waals surface area (Å²) in [5.74, 6) is -0.288. The van der Waals surface area contributed by atoms with Crippen molar-refractivity contribution >= 4 is 5.97 Å². The molecule has 0 rings (SSSR count). The number of nitrogens with zero attached hydrogens (tertiary/aromatic N) is 1. The van der Waals surface area contributed by atoms with Crippen LogP contribution in [-0.4, -0.2) is 37.1 Å². The number of hydrogen-bond acceptors (Lipinski definition) is 5. The van der Waals surface area contributed by atoms with Gasteiger partial charge in [0, 0.05) is 0 Å². The van der Waals surface area contributed by atoms with Gasteiger partial charge in [-0.2, -0.15) is 0 Å². The van der Waals surface area contributed by atoms with Crippen LogP contribution in [0.25, 0.3) is 0 Å². The zero-order valence-electron chi connectivity index (χ0n) is 10.2. The molecule has 0 aliphatic heterocycles. The fourth-order valence-corrected chi connectivity index (χ4v) is 1.11. The maximum absolute atomic E-state index is 11.2. The predicted octanol–water partition coefficient (Wildman–Crippen LogP) is 1.53. The molecule has 0 aromatic rings. The number of rotatable bonds is 7. The van der Waals surface area contributed by atoms with Gasteiger partial charge < -0.3 is 4.74 Å². The van der Waals surface area contributed by atoms with Crippen LogP contribution in [0.4, 0.5) is 0 Å². The van der Waals surface area contributed by atoms with Gasteiger partial charge in [-0.3, -0.25) is 14.5 Å². The number of methoxy groups -OCH3 is 1. The molecule has 0 N–H and O–H groups in total. The fraction of sp³-hybridized carbons (Fsp3) is 0.900. The summed E-state index contributed by atoms with van der Waals surface area (Å²) in [5.41, 5.74) is -0.543. The second-order valence-electron chi connectivity index (χ2n) is 3.66. The van der Waals surface area contributed by atoms with Gasteiger partial charge in [-0.25, -0.2) is 0 Å². The highest BCUT2D eigenvalue weighted by atomic mass is 17.0. The monoisotopic (exact) mass is 219 g/mol. The molecule has 0 amide bonds. The summed E-state index contributed by atoms with van der Waals surface area (Å²) in [4.78, 5) is 21.8. The van der Waals surface area contributed by atoms with Gasteiger partial charge in [-0.15, -0.1) is 0 Å². The maximum Gasteiger partial charge on any atom is 0.307 e. The molecule has 5 nitrogen and oxygen atoms in total. The average Bonchev–Trinajstić information content (AvgIpc) is 2.16. The average molecular weight is 219 g/mol. The van der Waals surface area contributed by atoms with Crippen LogP contribution in [0.1, 0.15) is 34.1 Å². The normalized spacial score (nSPS) is 11.9. The second-order valence-corrected chi connectivity index (χ2v) is 3.66. The smallest absolute Gasteiger partial charge is 0.307 e. The molecular formula is C10H21NO4. The summed E-state index contributed by atoms with van der Waals surface area (Å²) < 4.78 is 4.62. The van der Waals surface area contributed by atoms with Crippen LogP contribution in [-0.2, 0) is 19.2 Å². The molecule has 0 saturated carbocycles. The van der Waals surface area contributed by atoms with E-state index in [1.54, 1.807) is 0 Å². The van der Waals surface area contributed by atoms with Crippen molar-refractivity contribution < 1.29 is 19.2 Å². The molecule has 5 heteroatoms. The van der Waals surface area contributed by atoms with Crippen LogP contribution in [0.5, 0.6) is 0 Å². The summed E-state index contributed by atoms with van der Waals surface area (Å²) in [5, 5.41) is 1.36. The van der Waals surface area contributed by atoms with Crippen molar-refractivity contribution in [2.45, 2.75) is 39.7 Å². The van der Waals surface area contributed by atoms with Crippen LogP contribution in [0.15, 0.2) is 0 Å². The highest BCUT2D eigenvalue weighted by Crippen LogP contribution is 2.20. The van der Waals surface area contributed by atoms with Gasteiger partial charge >= 0.3 is 5.97 Å². The Morgan fingerprint density at radius 2 is 1.67 bits per heavy atom. The third-order valence-corrected chi connectivity index (χ3v) is 1.79. The molecule has 0 aliphatic carbocycles. The van der Waals surface area contributed by atoms with Crippen molar-refractivity contribution in [3.05, 3.63) is 0 Å². The standard InChI is InChI=1S/C10H21NO4/c1-6-14-11(15-7-2)10(3,4)8-9(12)13-5/h6-8H2,1-5H3. The fourth-order valence-electron chi connectivity index (χ4n) is 1.11. The van der Waals surface area contributed by atoms with Crippen LogP contribution in [0, 0.1) is 0 Å². The third-order valence-electron chi connectivity index (χ3n) is 1.79. The zero-order valence-corrected chi connectivity index (χ0v) is 10.2. The Morgan fingerprint density at radius 1 is 1.20 bits per heavy atom.